The average molecular weight is 325 g/mol. The summed E-state index contributed by atoms with van der Waals surface area (Å²) >= 11 is 1.79. The first kappa shape index (κ1) is 17.2. The van der Waals surface area contributed by atoms with Gasteiger partial charge < -0.3 is 20.1 Å². The topological polar surface area (TPSA) is 54.9 Å². The van der Waals surface area contributed by atoms with Crippen molar-refractivity contribution in [2.75, 3.05) is 40.0 Å². The maximum Gasteiger partial charge on any atom is 0.190 e. The summed E-state index contributed by atoms with van der Waals surface area (Å²) in [4.78, 5) is 5.62. The second-order valence-electron chi connectivity index (χ2n) is 5.32. The molecule has 1 aromatic rings. The molecule has 2 rings (SSSR count). The highest BCUT2D eigenvalue weighted by Crippen LogP contribution is 2.11. The average Bonchev–Trinajstić information content (AvgIpc) is 3.22. The minimum atomic E-state index is 0.319. The van der Waals surface area contributed by atoms with E-state index in [0.717, 1.165) is 58.1 Å². The highest BCUT2D eigenvalue weighted by Gasteiger charge is 2.14. The highest BCUT2D eigenvalue weighted by molar-refractivity contribution is 7.09. The van der Waals surface area contributed by atoms with Gasteiger partial charge in [-0.2, -0.15) is 0 Å². The van der Waals surface area contributed by atoms with Gasteiger partial charge in [-0.3, -0.25) is 4.99 Å². The molecular weight excluding hydrogens is 298 g/mol. The second kappa shape index (κ2) is 10.6. The van der Waals surface area contributed by atoms with Crippen LogP contribution in [0.15, 0.2) is 22.5 Å². The van der Waals surface area contributed by atoms with Crippen LogP contribution in [0.2, 0.25) is 0 Å². The van der Waals surface area contributed by atoms with Crippen LogP contribution in [0.25, 0.3) is 0 Å². The predicted molar refractivity (Wildman–Crippen MR) is 91.8 cm³/mol. The maximum atomic E-state index is 5.64. The van der Waals surface area contributed by atoms with E-state index in [9.17, 15) is 0 Å². The Labute approximate surface area is 137 Å². The number of thiophene rings is 1. The van der Waals surface area contributed by atoms with Crippen molar-refractivity contribution in [1.82, 2.24) is 10.6 Å². The molecule has 2 heterocycles. The molecule has 6 heteroatoms. The molecule has 1 aromatic heterocycles. The predicted octanol–water partition coefficient (Wildman–Crippen LogP) is 2.04. The van der Waals surface area contributed by atoms with Crippen LogP contribution in [0.3, 0.4) is 0 Å². The summed E-state index contributed by atoms with van der Waals surface area (Å²) in [6.07, 6.45) is 4.63. The van der Waals surface area contributed by atoms with Crippen LogP contribution in [-0.2, 0) is 15.9 Å². The third-order valence-corrected chi connectivity index (χ3v) is 4.49. The Morgan fingerprint density at radius 3 is 3.09 bits per heavy atom. The molecule has 0 saturated carbocycles. The molecule has 1 atom stereocenters. The molecule has 1 saturated heterocycles. The summed E-state index contributed by atoms with van der Waals surface area (Å²) in [6.45, 7) is 4.15. The van der Waals surface area contributed by atoms with Crippen LogP contribution < -0.4 is 10.6 Å². The normalized spacial score (nSPS) is 18.6. The third kappa shape index (κ3) is 6.77. The van der Waals surface area contributed by atoms with Gasteiger partial charge >= 0.3 is 0 Å². The minimum absolute atomic E-state index is 0.319. The van der Waals surface area contributed by atoms with E-state index in [0.29, 0.717) is 6.10 Å². The molecule has 1 aliphatic heterocycles. The van der Waals surface area contributed by atoms with E-state index in [2.05, 4.69) is 33.1 Å². The van der Waals surface area contributed by atoms with Gasteiger partial charge in [-0.25, -0.2) is 0 Å². The molecule has 1 aliphatic rings. The molecule has 0 aliphatic carbocycles. The summed E-state index contributed by atoms with van der Waals surface area (Å²) in [5.74, 6) is 0.857. The fraction of sp³-hybridized carbons (Fsp3) is 0.688. The summed E-state index contributed by atoms with van der Waals surface area (Å²) in [7, 11) is 1.80. The van der Waals surface area contributed by atoms with Gasteiger partial charge in [0, 0.05) is 38.2 Å². The highest BCUT2D eigenvalue weighted by atomic mass is 32.1. The van der Waals surface area contributed by atoms with E-state index >= 15 is 0 Å². The van der Waals surface area contributed by atoms with Gasteiger partial charge in [-0.1, -0.05) is 6.07 Å². The van der Waals surface area contributed by atoms with Crippen molar-refractivity contribution in [1.29, 1.82) is 0 Å². The molecule has 1 unspecified atom stereocenters. The van der Waals surface area contributed by atoms with Crippen LogP contribution >= 0.6 is 11.3 Å². The number of hydrogen-bond acceptors (Lipinski definition) is 4. The zero-order valence-corrected chi connectivity index (χ0v) is 14.2. The SMILES string of the molecule is CN=C(NCCCOCC1CCCO1)NCCc1cccs1. The maximum absolute atomic E-state index is 5.64. The summed E-state index contributed by atoms with van der Waals surface area (Å²) in [5.41, 5.74) is 0. The molecular formula is C16H27N3O2S. The van der Waals surface area contributed by atoms with Crippen LogP contribution in [0.5, 0.6) is 0 Å². The molecule has 5 nitrogen and oxygen atoms in total. The van der Waals surface area contributed by atoms with E-state index in [1.807, 2.05) is 0 Å². The fourth-order valence-electron chi connectivity index (χ4n) is 2.35. The van der Waals surface area contributed by atoms with E-state index in [1.165, 1.54) is 11.3 Å². The molecule has 1 fully saturated rings. The van der Waals surface area contributed by atoms with E-state index in [4.69, 9.17) is 9.47 Å². The van der Waals surface area contributed by atoms with Crippen molar-refractivity contribution in [3.8, 4) is 0 Å². The van der Waals surface area contributed by atoms with Crippen molar-refractivity contribution >= 4 is 17.3 Å². The van der Waals surface area contributed by atoms with Crippen LogP contribution in [0, 0.1) is 0 Å². The Hall–Kier alpha value is -1.11. The number of hydrogen-bond donors (Lipinski definition) is 2. The van der Waals surface area contributed by atoms with Gasteiger partial charge in [0.1, 0.15) is 0 Å². The van der Waals surface area contributed by atoms with Gasteiger partial charge in [0.05, 0.1) is 12.7 Å². The Balaban J connectivity index is 1.45. The number of aliphatic imine (C=N–C) groups is 1. The third-order valence-electron chi connectivity index (χ3n) is 3.55. The first-order chi connectivity index (χ1) is 10.9. The number of rotatable bonds is 9. The van der Waals surface area contributed by atoms with Crippen LogP contribution in [-0.4, -0.2) is 52.0 Å². The molecule has 0 bridgehead atoms. The van der Waals surface area contributed by atoms with Gasteiger partial charge in [0.25, 0.3) is 0 Å². The molecule has 22 heavy (non-hydrogen) atoms. The quantitative estimate of drug-likeness (QED) is 0.414. The zero-order valence-electron chi connectivity index (χ0n) is 13.3. The lowest BCUT2D eigenvalue weighted by molar-refractivity contribution is 0.0168. The lowest BCUT2D eigenvalue weighted by Gasteiger charge is -2.12. The number of nitrogens with one attached hydrogen (secondary N) is 2. The molecule has 0 aromatic carbocycles. The Kier molecular flexibility index (Phi) is 8.30. The molecule has 124 valence electrons. The van der Waals surface area contributed by atoms with Crippen molar-refractivity contribution in [3.63, 3.8) is 0 Å². The van der Waals surface area contributed by atoms with Crippen LogP contribution in [0.4, 0.5) is 0 Å². The lowest BCUT2D eigenvalue weighted by Crippen LogP contribution is -2.39. The van der Waals surface area contributed by atoms with E-state index < -0.39 is 0 Å². The van der Waals surface area contributed by atoms with Gasteiger partial charge in [0.2, 0.25) is 0 Å². The van der Waals surface area contributed by atoms with E-state index in [-0.39, 0.29) is 0 Å². The largest absolute Gasteiger partial charge is 0.379 e. The van der Waals surface area contributed by atoms with Crippen molar-refractivity contribution in [3.05, 3.63) is 22.4 Å². The Bertz CT molecular complexity index is 417. The molecule has 0 radical (unpaired) electrons. The smallest absolute Gasteiger partial charge is 0.190 e. The first-order valence-electron chi connectivity index (χ1n) is 8.04. The van der Waals surface area contributed by atoms with Crippen LogP contribution in [0.1, 0.15) is 24.1 Å². The Morgan fingerprint density at radius 1 is 1.45 bits per heavy atom. The summed E-state index contributed by atoms with van der Waals surface area (Å²) in [6, 6.07) is 4.25. The van der Waals surface area contributed by atoms with Crippen molar-refractivity contribution in [2.45, 2.75) is 31.8 Å². The Morgan fingerprint density at radius 2 is 2.36 bits per heavy atom. The minimum Gasteiger partial charge on any atom is -0.379 e. The monoisotopic (exact) mass is 325 g/mol. The van der Waals surface area contributed by atoms with Gasteiger partial charge in [-0.15, -0.1) is 11.3 Å². The first-order valence-corrected chi connectivity index (χ1v) is 8.92. The summed E-state index contributed by atoms with van der Waals surface area (Å²) < 4.78 is 11.2. The van der Waals surface area contributed by atoms with Crippen molar-refractivity contribution < 1.29 is 9.47 Å². The molecule has 2 N–H and O–H groups in total. The number of guanidine groups is 1. The van der Waals surface area contributed by atoms with Crippen molar-refractivity contribution in [2.24, 2.45) is 4.99 Å². The molecule has 0 spiro atoms. The van der Waals surface area contributed by atoms with Gasteiger partial charge in [-0.05, 0) is 37.1 Å². The lowest BCUT2D eigenvalue weighted by atomic mass is 10.2. The zero-order chi connectivity index (χ0) is 15.5. The standard InChI is InChI=1S/C16H27N3O2S/c1-17-16(19-9-7-15-6-3-12-22-15)18-8-4-10-20-13-14-5-2-11-21-14/h3,6,12,14H,2,4-5,7-11,13H2,1H3,(H2,17,18,19). The van der Waals surface area contributed by atoms with Gasteiger partial charge in [0.15, 0.2) is 5.96 Å². The summed E-state index contributed by atoms with van der Waals surface area (Å²) in [5, 5.41) is 8.75. The number of ether oxygens (including phenoxy) is 2. The van der Waals surface area contributed by atoms with E-state index in [1.54, 1.807) is 18.4 Å². The second-order valence-corrected chi connectivity index (χ2v) is 6.35. The molecule has 0 amide bonds. The fourth-order valence-corrected chi connectivity index (χ4v) is 3.06. The number of nitrogens with zero attached hydrogens (tertiary/aromatic N) is 1.